The molecule has 0 N–H and O–H groups in total. The van der Waals surface area contributed by atoms with Crippen LogP contribution in [-0.2, 0) is 6.67 Å². The van der Waals surface area contributed by atoms with Crippen LogP contribution in [0.1, 0.15) is 17.0 Å². The van der Waals surface area contributed by atoms with Gasteiger partial charge in [0, 0.05) is 0 Å². The van der Waals surface area contributed by atoms with Crippen molar-refractivity contribution in [2.24, 2.45) is 0 Å². The molecular formula is C11H12FN3. The predicted molar refractivity (Wildman–Crippen MR) is 55.6 cm³/mol. The SMILES string of the molecule is Cc1nnn(-c2ccc(CF)cc2)c1C. The van der Waals surface area contributed by atoms with Crippen LogP contribution < -0.4 is 0 Å². The minimum Gasteiger partial charge on any atom is -0.246 e. The first-order valence-corrected chi connectivity index (χ1v) is 4.76. The molecule has 2 aromatic rings. The van der Waals surface area contributed by atoms with Crippen LogP contribution in [0.2, 0.25) is 0 Å². The molecule has 0 aliphatic carbocycles. The molecule has 0 saturated heterocycles. The van der Waals surface area contributed by atoms with E-state index in [0.717, 1.165) is 17.1 Å². The summed E-state index contributed by atoms with van der Waals surface area (Å²) in [4.78, 5) is 0. The first-order chi connectivity index (χ1) is 7.22. The van der Waals surface area contributed by atoms with Crippen molar-refractivity contribution in [3.05, 3.63) is 41.2 Å². The monoisotopic (exact) mass is 205 g/mol. The van der Waals surface area contributed by atoms with Gasteiger partial charge in [0.05, 0.1) is 17.1 Å². The average Bonchev–Trinajstić information content (AvgIpc) is 2.60. The number of halogens is 1. The van der Waals surface area contributed by atoms with E-state index in [2.05, 4.69) is 10.3 Å². The van der Waals surface area contributed by atoms with E-state index in [1.807, 2.05) is 26.0 Å². The van der Waals surface area contributed by atoms with Gasteiger partial charge in [0.15, 0.2) is 0 Å². The highest BCUT2D eigenvalue weighted by molar-refractivity contribution is 5.35. The smallest absolute Gasteiger partial charge is 0.115 e. The molecule has 15 heavy (non-hydrogen) atoms. The fourth-order valence-corrected chi connectivity index (χ4v) is 1.38. The maximum absolute atomic E-state index is 12.3. The van der Waals surface area contributed by atoms with Crippen LogP contribution in [0.25, 0.3) is 5.69 Å². The normalized spacial score (nSPS) is 10.6. The van der Waals surface area contributed by atoms with Crippen molar-refractivity contribution >= 4 is 0 Å². The Morgan fingerprint density at radius 2 is 1.87 bits per heavy atom. The molecule has 0 bridgehead atoms. The fourth-order valence-electron chi connectivity index (χ4n) is 1.38. The minimum absolute atomic E-state index is 0.435. The Bertz CT molecular complexity index is 459. The largest absolute Gasteiger partial charge is 0.246 e. The van der Waals surface area contributed by atoms with Crippen molar-refractivity contribution in [1.82, 2.24) is 15.0 Å². The molecule has 1 aromatic heterocycles. The van der Waals surface area contributed by atoms with E-state index >= 15 is 0 Å². The summed E-state index contributed by atoms with van der Waals surface area (Å²) < 4.78 is 14.1. The van der Waals surface area contributed by atoms with Gasteiger partial charge in [-0.05, 0) is 31.5 Å². The first-order valence-electron chi connectivity index (χ1n) is 4.76. The topological polar surface area (TPSA) is 30.7 Å². The zero-order valence-electron chi connectivity index (χ0n) is 8.74. The van der Waals surface area contributed by atoms with Gasteiger partial charge in [0.25, 0.3) is 0 Å². The number of alkyl halides is 1. The molecule has 1 heterocycles. The number of hydrogen-bond acceptors (Lipinski definition) is 2. The Balaban J connectivity index is 2.41. The molecule has 0 amide bonds. The van der Waals surface area contributed by atoms with Crippen LogP contribution in [0.4, 0.5) is 4.39 Å². The van der Waals surface area contributed by atoms with E-state index in [0.29, 0.717) is 5.56 Å². The summed E-state index contributed by atoms with van der Waals surface area (Å²) in [6.07, 6.45) is 0. The highest BCUT2D eigenvalue weighted by Crippen LogP contribution is 2.12. The quantitative estimate of drug-likeness (QED) is 0.753. The minimum atomic E-state index is -0.435. The van der Waals surface area contributed by atoms with Crippen molar-refractivity contribution in [2.75, 3.05) is 0 Å². The summed E-state index contributed by atoms with van der Waals surface area (Å²) in [5, 5.41) is 7.99. The number of nitrogens with zero attached hydrogens (tertiary/aromatic N) is 3. The second kappa shape index (κ2) is 3.81. The Kier molecular flexibility index (Phi) is 2.49. The van der Waals surface area contributed by atoms with Crippen LogP contribution >= 0.6 is 0 Å². The lowest BCUT2D eigenvalue weighted by Gasteiger charge is -2.03. The molecule has 78 valence electrons. The zero-order valence-corrected chi connectivity index (χ0v) is 8.74. The summed E-state index contributed by atoms with van der Waals surface area (Å²) in [6.45, 7) is 3.43. The molecule has 3 nitrogen and oxygen atoms in total. The third-order valence-electron chi connectivity index (χ3n) is 2.46. The van der Waals surface area contributed by atoms with E-state index in [-0.39, 0.29) is 0 Å². The van der Waals surface area contributed by atoms with Crippen molar-refractivity contribution < 1.29 is 4.39 Å². The average molecular weight is 205 g/mol. The van der Waals surface area contributed by atoms with Crippen molar-refractivity contribution in [1.29, 1.82) is 0 Å². The summed E-state index contributed by atoms with van der Waals surface area (Å²) >= 11 is 0. The summed E-state index contributed by atoms with van der Waals surface area (Å²) in [5.74, 6) is 0. The number of aryl methyl sites for hydroxylation is 1. The van der Waals surface area contributed by atoms with E-state index in [4.69, 9.17) is 0 Å². The zero-order chi connectivity index (χ0) is 10.8. The summed E-state index contributed by atoms with van der Waals surface area (Å²) in [7, 11) is 0. The number of aromatic nitrogens is 3. The van der Waals surface area contributed by atoms with Gasteiger partial charge in [-0.3, -0.25) is 0 Å². The predicted octanol–water partition coefficient (Wildman–Crippen LogP) is 2.35. The molecule has 0 aliphatic rings. The highest BCUT2D eigenvalue weighted by Gasteiger charge is 2.05. The van der Waals surface area contributed by atoms with Crippen LogP contribution in [0.5, 0.6) is 0 Å². The number of hydrogen-bond donors (Lipinski definition) is 0. The van der Waals surface area contributed by atoms with Gasteiger partial charge in [0.1, 0.15) is 6.67 Å². The highest BCUT2D eigenvalue weighted by atomic mass is 19.1. The van der Waals surface area contributed by atoms with E-state index in [1.54, 1.807) is 16.8 Å². The van der Waals surface area contributed by atoms with Crippen LogP contribution in [-0.4, -0.2) is 15.0 Å². The van der Waals surface area contributed by atoms with Crippen molar-refractivity contribution in [2.45, 2.75) is 20.5 Å². The molecule has 2 rings (SSSR count). The van der Waals surface area contributed by atoms with Gasteiger partial charge >= 0.3 is 0 Å². The fraction of sp³-hybridized carbons (Fsp3) is 0.273. The van der Waals surface area contributed by atoms with Gasteiger partial charge in [-0.25, -0.2) is 9.07 Å². The molecule has 0 saturated carbocycles. The second-order valence-corrected chi connectivity index (χ2v) is 3.47. The summed E-state index contributed by atoms with van der Waals surface area (Å²) in [5.41, 5.74) is 3.49. The molecule has 0 fully saturated rings. The molecule has 0 spiro atoms. The molecule has 0 aliphatic heterocycles. The van der Waals surface area contributed by atoms with Gasteiger partial charge in [-0.15, -0.1) is 5.10 Å². The van der Waals surface area contributed by atoms with Gasteiger partial charge in [0.2, 0.25) is 0 Å². The molecule has 0 radical (unpaired) electrons. The van der Waals surface area contributed by atoms with Crippen molar-refractivity contribution in [3.8, 4) is 5.69 Å². The number of rotatable bonds is 2. The lowest BCUT2D eigenvalue weighted by molar-refractivity contribution is 0.485. The van der Waals surface area contributed by atoms with Crippen LogP contribution in [0.3, 0.4) is 0 Å². The lowest BCUT2D eigenvalue weighted by Crippen LogP contribution is -1.99. The Labute approximate surface area is 87.5 Å². The molecule has 0 atom stereocenters. The van der Waals surface area contributed by atoms with E-state index < -0.39 is 6.67 Å². The summed E-state index contributed by atoms with van der Waals surface area (Å²) in [6, 6.07) is 7.20. The Morgan fingerprint density at radius 1 is 1.20 bits per heavy atom. The van der Waals surface area contributed by atoms with Gasteiger partial charge in [-0.1, -0.05) is 17.3 Å². The number of benzene rings is 1. The van der Waals surface area contributed by atoms with Gasteiger partial charge in [-0.2, -0.15) is 0 Å². The maximum atomic E-state index is 12.3. The van der Waals surface area contributed by atoms with Gasteiger partial charge < -0.3 is 0 Å². The maximum Gasteiger partial charge on any atom is 0.115 e. The molecule has 0 unspecified atom stereocenters. The lowest BCUT2D eigenvalue weighted by atomic mass is 10.2. The molecule has 1 aromatic carbocycles. The standard InChI is InChI=1S/C11H12FN3/c1-8-9(2)15(14-13-8)11-5-3-10(7-12)4-6-11/h3-6H,7H2,1-2H3. The van der Waals surface area contributed by atoms with E-state index in [9.17, 15) is 4.39 Å². The molecule has 4 heteroatoms. The first kappa shape index (κ1) is 9.83. The molecular weight excluding hydrogens is 193 g/mol. The van der Waals surface area contributed by atoms with Crippen LogP contribution in [0.15, 0.2) is 24.3 Å². The van der Waals surface area contributed by atoms with Crippen LogP contribution in [0, 0.1) is 13.8 Å². The third kappa shape index (κ3) is 1.75. The second-order valence-electron chi connectivity index (χ2n) is 3.47. The Morgan fingerprint density at radius 3 is 2.33 bits per heavy atom. The van der Waals surface area contributed by atoms with Crippen molar-refractivity contribution in [3.63, 3.8) is 0 Å². The third-order valence-corrected chi connectivity index (χ3v) is 2.46. The van der Waals surface area contributed by atoms with E-state index in [1.165, 1.54) is 0 Å². The Hall–Kier alpha value is -1.71.